The number of aliphatic hydroxyl groups excluding tert-OH is 8. The highest BCUT2D eigenvalue weighted by Crippen LogP contribution is 2.48. The highest BCUT2D eigenvalue weighted by Gasteiger charge is 2.51. The van der Waals surface area contributed by atoms with Crippen LogP contribution in [0.4, 0.5) is 0 Å². The van der Waals surface area contributed by atoms with Gasteiger partial charge in [-0.2, -0.15) is 0 Å². The first-order chi connectivity index (χ1) is 19.0. The van der Waals surface area contributed by atoms with E-state index in [1.165, 1.54) is 18.2 Å². The van der Waals surface area contributed by atoms with Gasteiger partial charge in [0, 0.05) is 5.92 Å². The minimum absolute atomic E-state index is 0.104. The minimum Gasteiger partial charge on any atom is -0.507 e. The second-order valence-corrected chi connectivity index (χ2v) is 10.4. The molecule has 0 saturated carbocycles. The van der Waals surface area contributed by atoms with E-state index in [0.717, 1.165) is 0 Å². The molecule has 218 valence electrons. The fraction of sp³-hybridized carbons (Fsp3) is 0.519. The van der Waals surface area contributed by atoms with E-state index in [1.54, 1.807) is 19.1 Å². The standard InChI is InChI=1S/C27H32O13/c1-9-5-11-16(26-24(36)22(34)19(31)14(7-28)38-26)10-3-2-4-13(18(10)21(33)17(11)12(30)6-9)39-27-25(37)23(35)20(32)15(8-29)40-27/h2-6,14-16,19-20,22-32,34-37H,7-8H2,1H3/t14?,15?,16-,19-,20-,22+,23+,24-,25-,26+,27+/m1/s1. The second-order valence-electron chi connectivity index (χ2n) is 10.4. The number of benzene rings is 2. The summed E-state index contributed by atoms with van der Waals surface area (Å²) >= 11 is 0. The molecule has 2 heterocycles. The molecule has 2 fully saturated rings. The lowest BCUT2D eigenvalue weighted by Gasteiger charge is -2.45. The van der Waals surface area contributed by atoms with Gasteiger partial charge in [0.05, 0.1) is 30.4 Å². The molecule has 13 heteroatoms. The average Bonchev–Trinajstić information content (AvgIpc) is 2.92. The van der Waals surface area contributed by atoms with Gasteiger partial charge in [-0.05, 0) is 35.7 Å². The van der Waals surface area contributed by atoms with Crippen LogP contribution in [-0.2, 0) is 9.47 Å². The number of aromatic hydroxyl groups is 1. The predicted octanol–water partition coefficient (Wildman–Crippen LogP) is -2.60. The van der Waals surface area contributed by atoms with E-state index >= 15 is 0 Å². The number of fused-ring (bicyclic) bond motifs is 2. The van der Waals surface area contributed by atoms with Gasteiger partial charge in [0.25, 0.3) is 0 Å². The van der Waals surface area contributed by atoms with Crippen LogP contribution in [0.3, 0.4) is 0 Å². The summed E-state index contributed by atoms with van der Waals surface area (Å²) in [6, 6.07) is 7.41. The fourth-order valence-corrected chi connectivity index (χ4v) is 5.78. The molecular weight excluding hydrogens is 532 g/mol. The van der Waals surface area contributed by atoms with Crippen molar-refractivity contribution < 1.29 is 65.0 Å². The van der Waals surface area contributed by atoms with E-state index in [1.807, 2.05) is 0 Å². The van der Waals surface area contributed by atoms with Crippen LogP contribution < -0.4 is 4.74 Å². The van der Waals surface area contributed by atoms with Crippen molar-refractivity contribution in [1.29, 1.82) is 0 Å². The summed E-state index contributed by atoms with van der Waals surface area (Å²) in [5, 5.41) is 92.7. The maximum absolute atomic E-state index is 13.9. The molecule has 0 spiro atoms. The Hall–Kier alpha value is -2.69. The lowest BCUT2D eigenvalue weighted by Crippen LogP contribution is -2.60. The van der Waals surface area contributed by atoms with Gasteiger partial charge in [-0.3, -0.25) is 4.79 Å². The number of ether oxygens (including phenoxy) is 3. The minimum atomic E-state index is -1.77. The molecule has 0 radical (unpaired) electrons. The van der Waals surface area contributed by atoms with E-state index in [0.29, 0.717) is 5.56 Å². The van der Waals surface area contributed by atoms with Crippen LogP contribution >= 0.6 is 0 Å². The fourth-order valence-electron chi connectivity index (χ4n) is 5.78. The molecule has 1 aliphatic carbocycles. The Kier molecular flexibility index (Phi) is 7.89. The lowest BCUT2D eigenvalue weighted by atomic mass is 9.71. The predicted molar refractivity (Wildman–Crippen MR) is 133 cm³/mol. The number of ketones is 1. The van der Waals surface area contributed by atoms with Crippen LogP contribution in [0.5, 0.6) is 11.5 Å². The van der Waals surface area contributed by atoms with E-state index in [9.17, 15) is 50.8 Å². The zero-order chi connectivity index (χ0) is 29.0. The van der Waals surface area contributed by atoms with E-state index in [2.05, 4.69) is 0 Å². The first-order valence-corrected chi connectivity index (χ1v) is 12.8. The molecule has 13 nitrogen and oxygen atoms in total. The summed E-state index contributed by atoms with van der Waals surface area (Å²) < 4.78 is 17.1. The number of carbonyl (C=O) groups excluding carboxylic acids is 1. The number of phenols is 1. The highest BCUT2D eigenvalue weighted by molar-refractivity contribution is 6.16. The Morgan fingerprint density at radius 1 is 0.775 bits per heavy atom. The van der Waals surface area contributed by atoms with Crippen LogP contribution in [0.15, 0.2) is 30.3 Å². The average molecular weight is 565 g/mol. The number of phenolic OH excluding ortho intramolecular Hbond substituents is 1. The maximum Gasteiger partial charge on any atom is 0.229 e. The van der Waals surface area contributed by atoms with Gasteiger partial charge in [-0.25, -0.2) is 0 Å². The third kappa shape index (κ3) is 4.58. The zero-order valence-corrected chi connectivity index (χ0v) is 21.3. The largest absolute Gasteiger partial charge is 0.507 e. The van der Waals surface area contributed by atoms with Crippen molar-refractivity contribution in [3.63, 3.8) is 0 Å². The van der Waals surface area contributed by atoms with Gasteiger partial charge in [0.2, 0.25) is 12.1 Å². The number of carbonyl (C=O) groups is 1. The Labute approximate surface area is 228 Å². The Bertz CT molecular complexity index is 1260. The smallest absolute Gasteiger partial charge is 0.229 e. The molecule has 2 aromatic rings. The van der Waals surface area contributed by atoms with Crippen LogP contribution in [0.2, 0.25) is 0 Å². The van der Waals surface area contributed by atoms with E-state index < -0.39 is 86.1 Å². The van der Waals surface area contributed by atoms with Crippen molar-refractivity contribution in [3.8, 4) is 11.5 Å². The second kappa shape index (κ2) is 10.9. The molecule has 40 heavy (non-hydrogen) atoms. The molecule has 5 rings (SSSR count). The molecule has 9 N–H and O–H groups in total. The number of rotatable bonds is 5. The Morgan fingerprint density at radius 3 is 2.05 bits per heavy atom. The van der Waals surface area contributed by atoms with Crippen molar-refractivity contribution >= 4 is 5.78 Å². The third-order valence-corrected chi connectivity index (χ3v) is 7.82. The molecule has 2 unspecified atom stereocenters. The van der Waals surface area contributed by atoms with Crippen molar-refractivity contribution in [3.05, 3.63) is 58.1 Å². The molecule has 11 atom stereocenters. The van der Waals surface area contributed by atoms with Crippen molar-refractivity contribution in [2.24, 2.45) is 0 Å². The van der Waals surface area contributed by atoms with Crippen molar-refractivity contribution in [2.75, 3.05) is 13.2 Å². The van der Waals surface area contributed by atoms with Gasteiger partial charge in [0.15, 0.2) is 0 Å². The molecule has 2 saturated heterocycles. The number of hydrogen-bond donors (Lipinski definition) is 9. The summed E-state index contributed by atoms with van der Waals surface area (Å²) in [7, 11) is 0. The first-order valence-electron chi connectivity index (χ1n) is 12.8. The monoisotopic (exact) mass is 564 g/mol. The van der Waals surface area contributed by atoms with Crippen molar-refractivity contribution in [1.82, 2.24) is 0 Å². The molecule has 0 amide bonds. The number of hydrogen-bond acceptors (Lipinski definition) is 13. The molecule has 0 aromatic heterocycles. The summed E-state index contributed by atoms with van der Waals surface area (Å²) in [6.07, 6.45) is -15.5. The van der Waals surface area contributed by atoms with Gasteiger partial charge in [-0.1, -0.05) is 18.2 Å². The number of aliphatic hydroxyl groups is 8. The van der Waals surface area contributed by atoms with Crippen LogP contribution in [0, 0.1) is 6.92 Å². The summed E-state index contributed by atoms with van der Waals surface area (Å²) in [4.78, 5) is 13.9. The van der Waals surface area contributed by atoms with Gasteiger partial charge in [-0.15, -0.1) is 0 Å². The van der Waals surface area contributed by atoms with Gasteiger partial charge < -0.3 is 60.2 Å². The summed E-state index contributed by atoms with van der Waals surface area (Å²) in [6.45, 7) is 0.311. The summed E-state index contributed by atoms with van der Waals surface area (Å²) in [5.74, 6) is -2.21. The Balaban J connectivity index is 1.63. The molecule has 3 aliphatic rings. The topological polar surface area (TPSA) is 227 Å². The zero-order valence-electron chi connectivity index (χ0n) is 21.3. The van der Waals surface area contributed by atoms with Crippen LogP contribution in [0.25, 0.3) is 0 Å². The SMILES string of the molecule is Cc1cc(O)c2c(c1)[C@H]([C@@H]1OC(CO)[C@@H](O)[C@H](O)[C@H]1O)c1cccc(O[C@H]3OC(CO)[C@@H](O)[C@H](O)[C@H]3O)c1C2=O. The molecule has 2 aromatic carbocycles. The van der Waals surface area contributed by atoms with Crippen molar-refractivity contribution in [2.45, 2.75) is 74.1 Å². The van der Waals surface area contributed by atoms with Crippen LogP contribution in [0.1, 0.15) is 38.5 Å². The molecular formula is C27H32O13. The summed E-state index contributed by atoms with van der Waals surface area (Å²) in [5.41, 5.74) is 0.854. The van der Waals surface area contributed by atoms with Gasteiger partial charge >= 0.3 is 0 Å². The van der Waals surface area contributed by atoms with Gasteiger partial charge in [0.1, 0.15) is 60.3 Å². The van der Waals surface area contributed by atoms with E-state index in [4.69, 9.17) is 14.2 Å². The quantitative estimate of drug-likeness (QED) is 0.182. The Morgan fingerprint density at radius 2 is 1.40 bits per heavy atom. The first kappa shape index (κ1) is 28.8. The normalized spacial score (nSPS) is 37.5. The molecule has 0 bridgehead atoms. The molecule has 2 aliphatic heterocycles. The lowest BCUT2D eigenvalue weighted by molar-refractivity contribution is -0.277. The highest BCUT2D eigenvalue weighted by atomic mass is 16.7. The number of aryl methyl sites for hydroxylation is 1. The van der Waals surface area contributed by atoms with Crippen LogP contribution in [-0.4, -0.2) is 126 Å². The maximum atomic E-state index is 13.9. The van der Waals surface area contributed by atoms with E-state index in [-0.39, 0.29) is 33.8 Å². The third-order valence-electron chi connectivity index (χ3n) is 7.82.